The summed E-state index contributed by atoms with van der Waals surface area (Å²) in [5, 5.41) is 6.58. The number of guanidine groups is 1. The number of methoxy groups -OCH3 is 1. The third kappa shape index (κ3) is 7.26. The first-order valence-corrected chi connectivity index (χ1v) is 7.82. The standard InChI is InChI=1S/C16H28N4O2/c1-4-5-6-9-19-16(17-2)20-13-14-8-7-10-18-15(14)22-12-11-21-3/h7-8,10H,4-6,9,11-13H2,1-3H3,(H2,17,19,20). The van der Waals surface area contributed by atoms with Crippen molar-refractivity contribution in [1.29, 1.82) is 0 Å². The number of nitrogens with one attached hydrogen (secondary N) is 2. The lowest BCUT2D eigenvalue weighted by atomic mass is 10.2. The molecule has 124 valence electrons. The predicted octanol–water partition coefficient (Wildman–Crippen LogP) is 1.96. The molecule has 0 saturated carbocycles. The van der Waals surface area contributed by atoms with Gasteiger partial charge in [0.2, 0.25) is 5.88 Å². The van der Waals surface area contributed by atoms with Crippen LogP contribution in [0.25, 0.3) is 0 Å². The third-order valence-corrected chi connectivity index (χ3v) is 3.12. The van der Waals surface area contributed by atoms with Gasteiger partial charge in [-0.25, -0.2) is 4.98 Å². The van der Waals surface area contributed by atoms with Gasteiger partial charge in [-0.15, -0.1) is 0 Å². The molecule has 1 aromatic heterocycles. The Hall–Kier alpha value is -1.82. The molecular weight excluding hydrogens is 280 g/mol. The molecule has 6 heteroatoms. The van der Waals surface area contributed by atoms with Crippen LogP contribution in [0.15, 0.2) is 23.3 Å². The highest BCUT2D eigenvalue weighted by Crippen LogP contribution is 2.13. The van der Waals surface area contributed by atoms with Crippen molar-refractivity contribution >= 4 is 5.96 Å². The number of nitrogens with zero attached hydrogens (tertiary/aromatic N) is 2. The molecule has 1 aromatic rings. The van der Waals surface area contributed by atoms with E-state index in [0.29, 0.717) is 25.6 Å². The molecule has 0 aliphatic rings. The van der Waals surface area contributed by atoms with Crippen molar-refractivity contribution in [3.63, 3.8) is 0 Å². The zero-order valence-corrected chi connectivity index (χ0v) is 13.9. The fourth-order valence-electron chi connectivity index (χ4n) is 1.89. The molecule has 0 bridgehead atoms. The third-order valence-electron chi connectivity index (χ3n) is 3.12. The Labute approximate surface area is 133 Å². The lowest BCUT2D eigenvalue weighted by Crippen LogP contribution is -2.37. The van der Waals surface area contributed by atoms with Gasteiger partial charge in [0.15, 0.2) is 5.96 Å². The summed E-state index contributed by atoms with van der Waals surface area (Å²) in [4.78, 5) is 8.48. The Bertz CT molecular complexity index is 438. The van der Waals surface area contributed by atoms with Crippen LogP contribution < -0.4 is 15.4 Å². The minimum Gasteiger partial charge on any atom is -0.475 e. The summed E-state index contributed by atoms with van der Waals surface area (Å²) in [6.45, 7) is 4.77. The highest BCUT2D eigenvalue weighted by atomic mass is 16.5. The zero-order valence-electron chi connectivity index (χ0n) is 13.9. The Balaban J connectivity index is 2.44. The molecule has 0 aliphatic heterocycles. The van der Waals surface area contributed by atoms with E-state index >= 15 is 0 Å². The number of pyridine rings is 1. The normalized spacial score (nSPS) is 11.3. The van der Waals surface area contributed by atoms with Crippen molar-refractivity contribution in [2.45, 2.75) is 32.7 Å². The van der Waals surface area contributed by atoms with Crippen LogP contribution in [0.4, 0.5) is 0 Å². The smallest absolute Gasteiger partial charge is 0.218 e. The fourth-order valence-corrected chi connectivity index (χ4v) is 1.89. The van der Waals surface area contributed by atoms with E-state index in [1.807, 2.05) is 12.1 Å². The van der Waals surface area contributed by atoms with Crippen LogP contribution in [-0.2, 0) is 11.3 Å². The van der Waals surface area contributed by atoms with Crippen LogP contribution in [0, 0.1) is 0 Å². The van der Waals surface area contributed by atoms with Crippen molar-refractivity contribution in [3.05, 3.63) is 23.9 Å². The van der Waals surface area contributed by atoms with Crippen molar-refractivity contribution in [3.8, 4) is 5.88 Å². The number of aromatic nitrogens is 1. The molecule has 0 spiro atoms. The van der Waals surface area contributed by atoms with E-state index in [2.05, 4.69) is 27.5 Å². The van der Waals surface area contributed by atoms with Gasteiger partial charge in [0.1, 0.15) is 6.61 Å². The highest BCUT2D eigenvalue weighted by Gasteiger charge is 2.05. The Morgan fingerprint density at radius 2 is 2.14 bits per heavy atom. The molecule has 0 fully saturated rings. The molecule has 6 nitrogen and oxygen atoms in total. The van der Waals surface area contributed by atoms with Gasteiger partial charge in [-0.05, 0) is 12.5 Å². The van der Waals surface area contributed by atoms with Gasteiger partial charge in [-0.2, -0.15) is 0 Å². The molecule has 22 heavy (non-hydrogen) atoms. The Morgan fingerprint density at radius 3 is 2.86 bits per heavy atom. The average molecular weight is 308 g/mol. The molecular formula is C16H28N4O2. The molecule has 1 rings (SSSR count). The average Bonchev–Trinajstić information content (AvgIpc) is 2.55. The van der Waals surface area contributed by atoms with Crippen LogP contribution >= 0.6 is 0 Å². The number of hydrogen-bond acceptors (Lipinski definition) is 4. The van der Waals surface area contributed by atoms with Crippen molar-refractivity contribution in [2.24, 2.45) is 4.99 Å². The molecule has 0 unspecified atom stereocenters. The van der Waals surface area contributed by atoms with Crippen molar-refractivity contribution < 1.29 is 9.47 Å². The number of hydrogen-bond donors (Lipinski definition) is 2. The predicted molar refractivity (Wildman–Crippen MR) is 89.3 cm³/mol. The molecule has 0 aliphatic carbocycles. The van der Waals surface area contributed by atoms with Crippen LogP contribution in [0.2, 0.25) is 0 Å². The second-order valence-electron chi connectivity index (χ2n) is 4.87. The largest absolute Gasteiger partial charge is 0.475 e. The first-order valence-electron chi connectivity index (χ1n) is 7.82. The summed E-state index contributed by atoms with van der Waals surface area (Å²) in [7, 11) is 3.42. The van der Waals surface area contributed by atoms with Gasteiger partial charge in [0.25, 0.3) is 0 Å². The second kappa shape index (κ2) is 11.8. The van der Waals surface area contributed by atoms with Gasteiger partial charge < -0.3 is 20.1 Å². The number of unbranched alkanes of at least 4 members (excludes halogenated alkanes) is 2. The van der Waals surface area contributed by atoms with E-state index in [4.69, 9.17) is 9.47 Å². The second-order valence-corrected chi connectivity index (χ2v) is 4.87. The molecule has 0 atom stereocenters. The first kappa shape index (κ1) is 18.2. The molecule has 0 aromatic carbocycles. The summed E-state index contributed by atoms with van der Waals surface area (Å²) in [6.07, 6.45) is 5.31. The lowest BCUT2D eigenvalue weighted by Gasteiger charge is -2.14. The van der Waals surface area contributed by atoms with E-state index in [9.17, 15) is 0 Å². The van der Waals surface area contributed by atoms with E-state index in [0.717, 1.165) is 24.5 Å². The first-order chi connectivity index (χ1) is 10.8. The molecule has 1 heterocycles. The van der Waals surface area contributed by atoms with E-state index < -0.39 is 0 Å². The Morgan fingerprint density at radius 1 is 1.27 bits per heavy atom. The van der Waals surface area contributed by atoms with E-state index in [1.165, 1.54) is 12.8 Å². The summed E-state index contributed by atoms with van der Waals surface area (Å²) in [5.41, 5.74) is 0.995. The van der Waals surface area contributed by atoms with Crippen LogP contribution in [-0.4, -0.2) is 44.9 Å². The molecule has 2 N–H and O–H groups in total. The van der Waals surface area contributed by atoms with Gasteiger partial charge in [0, 0.05) is 39.0 Å². The van der Waals surface area contributed by atoms with Crippen LogP contribution in [0.5, 0.6) is 5.88 Å². The van der Waals surface area contributed by atoms with E-state index in [-0.39, 0.29) is 0 Å². The maximum Gasteiger partial charge on any atom is 0.218 e. The van der Waals surface area contributed by atoms with Crippen molar-refractivity contribution in [2.75, 3.05) is 33.9 Å². The summed E-state index contributed by atoms with van der Waals surface area (Å²) < 4.78 is 10.6. The monoisotopic (exact) mass is 308 g/mol. The molecule has 0 amide bonds. The van der Waals surface area contributed by atoms with E-state index in [1.54, 1.807) is 20.4 Å². The summed E-state index contributed by atoms with van der Waals surface area (Å²) in [5.74, 6) is 1.43. The molecule has 0 radical (unpaired) electrons. The van der Waals surface area contributed by atoms with Gasteiger partial charge >= 0.3 is 0 Å². The Kier molecular flexibility index (Phi) is 9.78. The van der Waals surface area contributed by atoms with Gasteiger partial charge in [-0.1, -0.05) is 25.8 Å². The topological polar surface area (TPSA) is 67.8 Å². The van der Waals surface area contributed by atoms with Gasteiger partial charge in [0.05, 0.1) is 6.61 Å². The number of ether oxygens (including phenoxy) is 2. The zero-order chi connectivity index (χ0) is 16.0. The number of rotatable bonds is 10. The maximum absolute atomic E-state index is 5.62. The lowest BCUT2D eigenvalue weighted by molar-refractivity contribution is 0.143. The SMILES string of the molecule is CCCCCNC(=NC)NCc1cccnc1OCCOC. The van der Waals surface area contributed by atoms with Crippen LogP contribution in [0.1, 0.15) is 31.7 Å². The number of aliphatic imine (C=N–C) groups is 1. The summed E-state index contributed by atoms with van der Waals surface area (Å²) >= 11 is 0. The fraction of sp³-hybridized carbons (Fsp3) is 0.625. The summed E-state index contributed by atoms with van der Waals surface area (Å²) in [6, 6.07) is 3.89. The van der Waals surface area contributed by atoms with Crippen molar-refractivity contribution in [1.82, 2.24) is 15.6 Å². The van der Waals surface area contributed by atoms with Gasteiger partial charge in [-0.3, -0.25) is 4.99 Å². The van der Waals surface area contributed by atoms with Crippen LogP contribution in [0.3, 0.4) is 0 Å². The molecule has 0 saturated heterocycles. The highest BCUT2D eigenvalue weighted by molar-refractivity contribution is 5.79. The minimum atomic E-state index is 0.491. The quantitative estimate of drug-likeness (QED) is 0.393. The minimum absolute atomic E-state index is 0.491. The maximum atomic E-state index is 5.62.